The standard InChI is InChI=1S/C13H20O2S2/c14-7-2-1-4-12(11-15)5-3-6-13(10-12)16-8-9-17-13/h7,11H,1-6,8-10H2. The van der Waals surface area contributed by atoms with Gasteiger partial charge in [-0.15, -0.1) is 23.5 Å². The molecule has 1 unspecified atom stereocenters. The van der Waals surface area contributed by atoms with Gasteiger partial charge in [-0.05, 0) is 32.1 Å². The van der Waals surface area contributed by atoms with Gasteiger partial charge in [-0.25, -0.2) is 0 Å². The molecule has 1 spiro atoms. The van der Waals surface area contributed by atoms with Crippen LogP contribution in [0.15, 0.2) is 0 Å². The smallest absolute Gasteiger partial charge is 0.126 e. The minimum absolute atomic E-state index is 0.133. The highest BCUT2D eigenvalue weighted by atomic mass is 32.2. The lowest BCUT2D eigenvalue weighted by molar-refractivity contribution is -0.118. The Balaban J connectivity index is 2.00. The Bertz CT molecular complexity index is 287. The zero-order valence-electron chi connectivity index (χ0n) is 10.2. The third-order valence-corrected chi connectivity index (χ3v) is 7.45. The Labute approximate surface area is 112 Å². The van der Waals surface area contributed by atoms with Gasteiger partial charge in [0, 0.05) is 23.3 Å². The summed E-state index contributed by atoms with van der Waals surface area (Å²) in [6, 6.07) is 0. The van der Waals surface area contributed by atoms with Crippen LogP contribution in [-0.4, -0.2) is 28.2 Å². The van der Waals surface area contributed by atoms with E-state index in [-0.39, 0.29) is 5.41 Å². The number of carbonyl (C=O) groups is 2. The molecule has 2 rings (SSSR count). The number of hydrogen-bond donors (Lipinski definition) is 0. The summed E-state index contributed by atoms with van der Waals surface area (Å²) in [6.45, 7) is 0. The first-order valence-corrected chi connectivity index (χ1v) is 8.39. The van der Waals surface area contributed by atoms with E-state index in [4.69, 9.17) is 0 Å². The molecule has 0 aromatic heterocycles. The third-order valence-electron chi connectivity index (χ3n) is 3.91. The second-order valence-electron chi connectivity index (χ2n) is 5.18. The van der Waals surface area contributed by atoms with Crippen molar-refractivity contribution in [1.29, 1.82) is 0 Å². The number of aldehydes is 2. The Hall–Kier alpha value is 0.0400. The van der Waals surface area contributed by atoms with Crippen LogP contribution in [0.2, 0.25) is 0 Å². The lowest BCUT2D eigenvalue weighted by Crippen LogP contribution is -2.37. The molecule has 0 N–H and O–H groups in total. The van der Waals surface area contributed by atoms with Gasteiger partial charge in [-0.1, -0.05) is 6.42 Å². The van der Waals surface area contributed by atoms with E-state index in [1.54, 1.807) is 0 Å². The molecule has 1 heterocycles. The van der Waals surface area contributed by atoms with Crippen molar-refractivity contribution in [2.24, 2.45) is 5.41 Å². The Morgan fingerprint density at radius 3 is 2.53 bits per heavy atom. The van der Waals surface area contributed by atoms with Crippen LogP contribution >= 0.6 is 23.5 Å². The maximum absolute atomic E-state index is 11.5. The summed E-state index contributed by atoms with van der Waals surface area (Å²) >= 11 is 4.11. The molecule has 0 aromatic rings. The first kappa shape index (κ1) is 13.5. The van der Waals surface area contributed by atoms with Gasteiger partial charge < -0.3 is 9.59 Å². The molecule has 4 heteroatoms. The molecule has 17 heavy (non-hydrogen) atoms. The zero-order valence-corrected chi connectivity index (χ0v) is 11.8. The molecule has 0 bridgehead atoms. The van der Waals surface area contributed by atoms with Gasteiger partial charge >= 0.3 is 0 Å². The summed E-state index contributed by atoms with van der Waals surface area (Å²) < 4.78 is 0.320. The van der Waals surface area contributed by atoms with Crippen LogP contribution in [0.3, 0.4) is 0 Å². The molecule has 1 aliphatic carbocycles. The minimum atomic E-state index is -0.133. The largest absolute Gasteiger partial charge is 0.303 e. The lowest BCUT2D eigenvalue weighted by atomic mass is 9.71. The molecule has 1 saturated carbocycles. The SMILES string of the molecule is O=CCCCC1(C=O)CCCC2(C1)SCCS2. The van der Waals surface area contributed by atoms with Gasteiger partial charge in [-0.3, -0.25) is 0 Å². The molecule has 0 aromatic carbocycles. The first-order chi connectivity index (χ1) is 8.24. The Morgan fingerprint density at radius 2 is 1.88 bits per heavy atom. The molecule has 1 saturated heterocycles. The number of unbranched alkanes of at least 4 members (excludes halogenated alkanes) is 1. The monoisotopic (exact) mass is 272 g/mol. The fourth-order valence-electron chi connectivity index (χ4n) is 3.08. The zero-order chi connectivity index (χ0) is 12.2. The normalized spacial score (nSPS) is 31.5. The van der Waals surface area contributed by atoms with E-state index in [9.17, 15) is 9.59 Å². The molecule has 2 aliphatic rings. The fourth-order valence-corrected chi connectivity index (χ4v) is 6.68. The topological polar surface area (TPSA) is 34.1 Å². The van der Waals surface area contributed by atoms with Crippen molar-refractivity contribution in [2.75, 3.05) is 11.5 Å². The predicted molar refractivity (Wildman–Crippen MR) is 74.5 cm³/mol. The van der Waals surface area contributed by atoms with Crippen molar-refractivity contribution >= 4 is 36.1 Å². The molecular weight excluding hydrogens is 252 g/mol. The summed E-state index contributed by atoms with van der Waals surface area (Å²) in [5.74, 6) is 2.46. The van der Waals surface area contributed by atoms with Crippen LogP contribution < -0.4 is 0 Å². The van der Waals surface area contributed by atoms with E-state index in [2.05, 4.69) is 23.5 Å². The van der Waals surface area contributed by atoms with E-state index in [0.717, 1.165) is 32.0 Å². The van der Waals surface area contributed by atoms with Crippen molar-refractivity contribution in [3.05, 3.63) is 0 Å². The maximum atomic E-state index is 11.5. The van der Waals surface area contributed by atoms with Crippen LogP contribution in [0.4, 0.5) is 0 Å². The van der Waals surface area contributed by atoms with Gasteiger partial charge in [-0.2, -0.15) is 0 Å². The highest BCUT2D eigenvalue weighted by molar-refractivity contribution is 8.21. The average molecular weight is 272 g/mol. The number of carbonyl (C=O) groups excluding carboxylic acids is 2. The summed E-state index contributed by atoms with van der Waals surface area (Å²) in [5, 5.41) is 0. The minimum Gasteiger partial charge on any atom is -0.303 e. The van der Waals surface area contributed by atoms with E-state index in [1.165, 1.54) is 30.6 Å². The molecule has 2 nitrogen and oxygen atoms in total. The van der Waals surface area contributed by atoms with Crippen molar-refractivity contribution in [2.45, 2.75) is 49.0 Å². The molecule has 2 fully saturated rings. The van der Waals surface area contributed by atoms with E-state index in [1.807, 2.05) is 0 Å². The molecular formula is C13H20O2S2. The van der Waals surface area contributed by atoms with Crippen LogP contribution in [0, 0.1) is 5.41 Å². The predicted octanol–water partition coefficient (Wildman–Crippen LogP) is 3.29. The Morgan fingerprint density at radius 1 is 1.12 bits per heavy atom. The molecule has 1 atom stereocenters. The van der Waals surface area contributed by atoms with Crippen LogP contribution in [-0.2, 0) is 9.59 Å². The van der Waals surface area contributed by atoms with Gasteiger partial charge in [0.25, 0.3) is 0 Å². The quantitative estimate of drug-likeness (QED) is 0.568. The fraction of sp³-hybridized carbons (Fsp3) is 0.846. The van der Waals surface area contributed by atoms with E-state index in [0.29, 0.717) is 10.5 Å². The summed E-state index contributed by atoms with van der Waals surface area (Å²) in [7, 11) is 0. The van der Waals surface area contributed by atoms with E-state index >= 15 is 0 Å². The van der Waals surface area contributed by atoms with Gasteiger partial charge in [0.1, 0.15) is 12.6 Å². The first-order valence-electron chi connectivity index (χ1n) is 6.42. The second kappa shape index (κ2) is 5.79. The Kier molecular flexibility index (Phi) is 4.59. The number of rotatable bonds is 5. The van der Waals surface area contributed by atoms with Crippen molar-refractivity contribution < 1.29 is 9.59 Å². The van der Waals surface area contributed by atoms with Gasteiger partial charge in [0.05, 0.1) is 4.08 Å². The highest BCUT2D eigenvalue weighted by Gasteiger charge is 2.46. The highest BCUT2D eigenvalue weighted by Crippen LogP contribution is 2.58. The molecule has 1 aliphatic heterocycles. The van der Waals surface area contributed by atoms with Gasteiger partial charge in [0.2, 0.25) is 0 Å². The third kappa shape index (κ3) is 3.08. The van der Waals surface area contributed by atoms with Crippen LogP contribution in [0.25, 0.3) is 0 Å². The van der Waals surface area contributed by atoms with Crippen LogP contribution in [0.5, 0.6) is 0 Å². The average Bonchev–Trinajstić information content (AvgIpc) is 2.78. The van der Waals surface area contributed by atoms with E-state index < -0.39 is 0 Å². The summed E-state index contributed by atoms with van der Waals surface area (Å²) in [4.78, 5) is 21.9. The van der Waals surface area contributed by atoms with Crippen molar-refractivity contribution in [1.82, 2.24) is 0 Å². The summed E-state index contributed by atoms with van der Waals surface area (Å²) in [5.41, 5.74) is -0.133. The lowest BCUT2D eigenvalue weighted by Gasteiger charge is -2.42. The van der Waals surface area contributed by atoms with Gasteiger partial charge in [0.15, 0.2) is 0 Å². The molecule has 96 valence electrons. The second-order valence-corrected chi connectivity index (χ2v) is 8.39. The molecule has 0 radical (unpaired) electrons. The van der Waals surface area contributed by atoms with Crippen molar-refractivity contribution in [3.63, 3.8) is 0 Å². The number of thioether (sulfide) groups is 2. The maximum Gasteiger partial charge on any atom is 0.126 e. The number of hydrogen-bond acceptors (Lipinski definition) is 4. The van der Waals surface area contributed by atoms with Crippen molar-refractivity contribution in [3.8, 4) is 0 Å². The van der Waals surface area contributed by atoms with Crippen LogP contribution in [0.1, 0.15) is 44.9 Å². The molecule has 0 amide bonds. The summed E-state index contributed by atoms with van der Waals surface area (Å²) in [6.07, 6.45) is 9.00.